The number of aryl methyl sites for hydroxylation is 1. The second-order valence-corrected chi connectivity index (χ2v) is 12.4. The molecule has 0 radical (unpaired) electrons. The summed E-state index contributed by atoms with van der Waals surface area (Å²) in [7, 11) is -1.36. The molecule has 0 N–H and O–H groups in total. The standard InChI is InChI=1S/C22H23NO2Si/c1-26(2,3)16-14-18-12-10-17(11-13-18)7-6-15-23-21(24)19-8-4-5-9-20(19)22(23)25/h4-5,8-13H,6-7,15H2,1-3H3. The largest absolute Gasteiger partial charge is 0.274 e. The van der Waals surface area contributed by atoms with Gasteiger partial charge >= 0.3 is 0 Å². The van der Waals surface area contributed by atoms with Crippen molar-refractivity contribution in [2.24, 2.45) is 0 Å². The lowest BCUT2D eigenvalue weighted by Crippen LogP contribution is -2.30. The molecule has 0 fully saturated rings. The summed E-state index contributed by atoms with van der Waals surface area (Å²) in [5.74, 6) is 2.89. The highest BCUT2D eigenvalue weighted by molar-refractivity contribution is 6.83. The van der Waals surface area contributed by atoms with Crippen LogP contribution in [0.4, 0.5) is 0 Å². The fourth-order valence-electron chi connectivity index (χ4n) is 2.90. The van der Waals surface area contributed by atoms with Crippen LogP contribution < -0.4 is 0 Å². The van der Waals surface area contributed by atoms with Gasteiger partial charge in [-0.15, -0.1) is 5.54 Å². The molecule has 0 aliphatic carbocycles. The lowest BCUT2D eigenvalue weighted by atomic mass is 10.1. The summed E-state index contributed by atoms with van der Waals surface area (Å²) < 4.78 is 0. The first-order valence-electron chi connectivity index (χ1n) is 8.92. The molecule has 0 unspecified atom stereocenters. The molecule has 4 heteroatoms. The van der Waals surface area contributed by atoms with Crippen molar-refractivity contribution < 1.29 is 9.59 Å². The van der Waals surface area contributed by atoms with Crippen LogP contribution in [-0.4, -0.2) is 31.3 Å². The van der Waals surface area contributed by atoms with E-state index in [9.17, 15) is 9.59 Å². The maximum Gasteiger partial charge on any atom is 0.261 e. The first kappa shape index (κ1) is 18.2. The van der Waals surface area contributed by atoms with Gasteiger partial charge in [-0.25, -0.2) is 0 Å². The highest BCUT2D eigenvalue weighted by Gasteiger charge is 2.34. The Labute approximate surface area is 156 Å². The van der Waals surface area contributed by atoms with Crippen LogP contribution in [0.5, 0.6) is 0 Å². The molecule has 1 aliphatic heterocycles. The van der Waals surface area contributed by atoms with E-state index in [0.29, 0.717) is 17.7 Å². The highest BCUT2D eigenvalue weighted by atomic mass is 28.3. The summed E-state index contributed by atoms with van der Waals surface area (Å²) in [6.07, 6.45) is 1.58. The Bertz CT molecular complexity index is 863. The van der Waals surface area contributed by atoms with E-state index in [1.165, 1.54) is 10.5 Å². The summed E-state index contributed by atoms with van der Waals surface area (Å²) in [6, 6.07) is 15.3. The Hall–Kier alpha value is -2.64. The minimum atomic E-state index is -1.36. The average Bonchev–Trinajstić information content (AvgIpc) is 2.86. The van der Waals surface area contributed by atoms with E-state index in [1.54, 1.807) is 24.3 Å². The van der Waals surface area contributed by atoms with Crippen LogP contribution in [0.2, 0.25) is 19.6 Å². The molecule has 2 amide bonds. The van der Waals surface area contributed by atoms with Gasteiger partial charge in [-0.05, 0) is 42.7 Å². The first-order valence-corrected chi connectivity index (χ1v) is 12.4. The van der Waals surface area contributed by atoms with Crippen molar-refractivity contribution in [3.05, 3.63) is 70.8 Å². The Morgan fingerprint density at radius 1 is 0.885 bits per heavy atom. The first-order chi connectivity index (χ1) is 12.3. The Balaban J connectivity index is 1.57. The topological polar surface area (TPSA) is 37.4 Å². The molecule has 0 spiro atoms. The zero-order valence-corrected chi connectivity index (χ0v) is 16.5. The number of fused-ring (bicyclic) bond motifs is 1. The molecule has 0 aromatic heterocycles. The van der Waals surface area contributed by atoms with Crippen LogP contribution in [0.3, 0.4) is 0 Å². The van der Waals surface area contributed by atoms with Crippen molar-refractivity contribution >= 4 is 19.9 Å². The Kier molecular flexibility index (Phi) is 5.10. The van der Waals surface area contributed by atoms with Gasteiger partial charge in [0.2, 0.25) is 0 Å². The molecular formula is C22H23NO2Si. The fraction of sp³-hybridized carbons (Fsp3) is 0.273. The second-order valence-electron chi connectivity index (χ2n) is 7.61. The smallest absolute Gasteiger partial charge is 0.261 e. The third-order valence-electron chi connectivity index (χ3n) is 4.26. The molecule has 3 rings (SSSR count). The molecule has 0 saturated carbocycles. The molecule has 3 nitrogen and oxygen atoms in total. The molecule has 132 valence electrons. The molecule has 1 aliphatic rings. The summed E-state index contributed by atoms with van der Waals surface area (Å²) >= 11 is 0. The molecule has 2 aromatic carbocycles. The van der Waals surface area contributed by atoms with Gasteiger partial charge in [0.1, 0.15) is 8.07 Å². The average molecular weight is 362 g/mol. The van der Waals surface area contributed by atoms with Gasteiger partial charge in [-0.2, -0.15) is 0 Å². The fourth-order valence-corrected chi connectivity index (χ4v) is 3.42. The number of amides is 2. The summed E-state index contributed by atoms with van der Waals surface area (Å²) in [5.41, 5.74) is 6.63. The van der Waals surface area contributed by atoms with Gasteiger partial charge in [0, 0.05) is 12.1 Å². The van der Waals surface area contributed by atoms with Gasteiger partial charge in [-0.3, -0.25) is 14.5 Å². The zero-order chi connectivity index (χ0) is 18.7. The second kappa shape index (κ2) is 7.31. The molecule has 0 saturated heterocycles. The van der Waals surface area contributed by atoms with E-state index in [0.717, 1.165) is 18.4 Å². The summed E-state index contributed by atoms with van der Waals surface area (Å²) in [4.78, 5) is 26.0. The highest BCUT2D eigenvalue weighted by Crippen LogP contribution is 2.22. The van der Waals surface area contributed by atoms with Crippen molar-refractivity contribution in [3.63, 3.8) is 0 Å². The number of carbonyl (C=O) groups excluding carboxylic acids is 2. The van der Waals surface area contributed by atoms with Crippen LogP contribution in [0.1, 0.15) is 38.3 Å². The van der Waals surface area contributed by atoms with Gasteiger partial charge in [0.15, 0.2) is 0 Å². The number of nitrogens with zero attached hydrogens (tertiary/aromatic N) is 1. The maximum absolute atomic E-state index is 12.3. The van der Waals surface area contributed by atoms with E-state index < -0.39 is 8.07 Å². The van der Waals surface area contributed by atoms with E-state index in [2.05, 4.69) is 43.2 Å². The number of hydrogen-bond donors (Lipinski definition) is 0. The van der Waals surface area contributed by atoms with E-state index >= 15 is 0 Å². The maximum atomic E-state index is 12.3. The summed E-state index contributed by atoms with van der Waals surface area (Å²) in [6.45, 7) is 7.14. The molecule has 1 heterocycles. The predicted octanol–water partition coefficient (Wildman–Crippen LogP) is 4.14. The van der Waals surface area contributed by atoms with E-state index in [4.69, 9.17) is 0 Å². The SMILES string of the molecule is C[Si](C)(C)C#Cc1ccc(CCCN2C(=O)c3ccccc3C2=O)cc1. The number of imide groups is 1. The molecule has 2 aromatic rings. The molecular weight excluding hydrogens is 338 g/mol. The van der Waals surface area contributed by atoms with Crippen LogP contribution in [-0.2, 0) is 6.42 Å². The number of carbonyl (C=O) groups is 2. The molecule has 0 bridgehead atoms. The van der Waals surface area contributed by atoms with Crippen molar-refractivity contribution in [1.82, 2.24) is 4.90 Å². The predicted molar refractivity (Wildman–Crippen MR) is 107 cm³/mol. The van der Waals surface area contributed by atoms with Crippen molar-refractivity contribution in [1.29, 1.82) is 0 Å². The van der Waals surface area contributed by atoms with Crippen LogP contribution in [0.25, 0.3) is 0 Å². The lowest BCUT2D eigenvalue weighted by Gasteiger charge is -2.13. The van der Waals surface area contributed by atoms with Crippen molar-refractivity contribution in [2.75, 3.05) is 6.54 Å². The zero-order valence-electron chi connectivity index (χ0n) is 15.5. The number of rotatable bonds is 4. The van der Waals surface area contributed by atoms with Gasteiger partial charge in [0.25, 0.3) is 11.8 Å². The molecule has 0 atom stereocenters. The Morgan fingerprint density at radius 2 is 1.46 bits per heavy atom. The van der Waals surface area contributed by atoms with Crippen LogP contribution in [0.15, 0.2) is 48.5 Å². The number of benzene rings is 2. The monoisotopic (exact) mass is 361 g/mol. The van der Waals surface area contributed by atoms with Crippen molar-refractivity contribution in [3.8, 4) is 11.5 Å². The molecule has 26 heavy (non-hydrogen) atoms. The van der Waals surface area contributed by atoms with E-state index in [1.807, 2.05) is 12.1 Å². The third-order valence-corrected chi connectivity index (χ3v) is 5.14. The minimum absolute atomic E-state index is 0.178. The Morgan fingerprint density at radius 3 is 2.00 bits per heavy atom. The van der Waals surface area contributed by atoms with Crippen LogP contribution >= 0.6 is 0 Å². The van der Waals surface area contributed by atoms with Gasteiger partial charge in [0.05, 0.1) is 11.1 Å². The number of hydrogen-bond acceptors (Lipinski definition) is 2. The lowest BCUT2D eigenvalue weighted by molar-refractivity contribution is 0.0652. The minimum Gasteiger partial charge on any atom is -0.274 e. The summed E-state index contributed by atoms with van der Waals surface area (Å²) in [5, 5.41) is 0. The van der Waals surface area contributed by atoms with Gasteiger partial charge < -0.3 is 0 Å². The van der Waals surface area contributed by atoms with E-state index in [-0.39, 0.29) is 11.8 Å². The van der Waals surface area contributed by atoms with Crippen LogP contribution in [0, 0.1) is 11.5 Å². The van der Waals surface area contributed by atoms with Gasteiger partial charge in [-0.1, -0.05) is 49.8 Å². The normalized spacial score (nSPS) is 13.4. The van der Waals surface area contributed by atoms with Crippen molar-refractivity contribution in [2.45, 2.75) is 32.5 Å². The third kappa shape index (κ3) is 4.12. The quantitative estimate of drug-likeness (QED) is 0.466.